The monoisotopic (exact) mass is 361 g/mol. The Hall–Kier alpha value is -2.21. The Morgan fingerprint density at radius 2 is 1.61 bits per heavy atom. The highest BCUT2D eigenvalue weighted by molar-refractivity contribution is 7.87. The molecule has 2 aromatic rings. The molecule has 1 amide bonds. The van der Waals surface area contributed by atoms with E-state index in [2.05, 4.69) is 5.32 Å². The Kier molecular flexibility index (Phi) is 4.07. The molecule has 0 spiro atoms. The molecule has 0 fully saturated rings. The molecule has 0 atom stereocenters. The summed E-state index contributed by atoms with van der Waals surface area (Å²) >= 11 is 0. The van der Waals surface area contributed by atoms with Gasteiger partial charge in [-0.1, -0.05) is 12.1 Å². The van der Waals surface area contributed by atoms with E-state index in [1.807, 2.05) is 0 Å². The molecular weight excluding hydrogens is 350 g/mol. The fourth-order valence-electron chi connectivity index (χ4n) is 2.12. The highest BCUT2D eigenvalue weighted by Gasteiger charge is 2.27. The first kappa shape index (κ1) is 17.1. The van der Waals surface area contributed by atoms with Gasteiger partial charge in [0.1, 0.15) is 15.5 Å². The van der Waals surface area contributed by atoms with Crippen LogP contribution in [-0.4, -0.2) is 37.0 Å². The molecule has 11 heteroatoms. The van der Waals surface area contributed by atoms with Crippen molar-refractivity contribution in [3.05, 3.63) is 24.3 Å². The minimum Gasteiger partial charge on any atom is -0.507 e. The van der Waals surface area contributed by atoms with Crippen LogP contribution in [0.4, 0.5) is 5.69 Å². The minimum atomic E-state index is -4.97. The molecule has 0 aromatic heterocycles. The molecular formula is C12H11NO8S2. The van der Waals surface area contributed by atoms with Crippen molar-refractivity contribution in [1.82, 2.24) is 0 Å². The van der Waals surface area contributed by atoms with E-state index in [0.717, 1.165) is 13.0 Å². The van der Waals surface area contributed by atoms with E-state index in [1.54, 1.807) is 0 Å². The average molecular weight is 361 g/mol. The first-order valence-electron chi connectivity index (χ1n) is 5.94. The summed E-state index contributed by atoms with van der Waals surface area (Å²) in [5.74, 6) is -1.28. The highest BCUT2D eigenvalue weighted by Crippen LogP contribution is 2.40. The molecule has 4 N–H and O–H groups in total. The molecule has 0 radical (unpaired) electrons. The number of fused-ring (bicyclic) bond motifs is 1. The first-order valence-corrected chi connectivity index (χ1v) is 8.82. The van der Waals surface area contributed by atoms with Gasteiger partial charge in [-0.15, -0.1) is 0 Å². The maximum atomic E-state index is 11.5. The Bertz CT molecular complexity index is 1020. The molecule has 0 saturated heterocycles. The van der Waals surface area contributed by atoms with Gasteiger partial charge in [0.2, 0.25) is 5.91 Å². The second-order valence-electron chi connectivity index (χ2n) is 4.58. The summed E-state index contributed by atoms with van der Waals surface area (Å²) in [6, 6.07) is 4.07. The highest BCUT2D eigenvalue weighted by atomic mass is 32.2. The number of hydrogen-bond donors (Lipinski definition) is 4. The molecule has 9 nitrogen and oxygen atoms in total. The van der Waals surface area contributed by atoms with Gasteiger partial charge in [0, 0.05) is 17.7 Å². The van der Waals surface area contributed by atoms with Crippen molar-refractivity contribution >= 4 is 42.6 Å². The molecule has 0 aliphatic rings. The normalized spacial score (nSPS) is 12.3. The maximum Gasteiger partial charge on any atom is 0.296 e. The van der Waals surface area contributed by atoms with Gasteiger partial charge in [-0.2, -0.15) is 16.8 Å². The van der Waals surface area contributed by atoms with Crippen LogP contribution in [0.2, 0.25) is 0 Å². The Morgan fingerprint density at radius 1 is 1.04 bits per heavy atom. The average Bonchev–Trinajstić information content (AvgIpc) is 2.35. The van der Waals surface area contributed by atoms with Gasteiger partial charge < -0.3 is 10.4 Å². The molecule has 0 bridgehead atoms. The number of hydrogen-bond acceptors (Lipinski definition) is 6. The molecule has 2 rings (SSSR count). The van der Waals surface area contributed by atoms with E-state index in [0.29, 0.717) is 6.07 Å². The van der Waals surface area contributed by atoms with E-state index < -0.39 is 47.4 Å². The maximum absolute atomic E-state index is 11.5. The van der Waals surface area contributed by atoms with Gasteiger partial charge in [-0.05, 0) is 12.1 Å². The number of carbonyl (C=O) groups excluding carboxylic acids is 1. The number of benzene rings is 2. The van der Waals surface area contributed by atoms with Gasteiger partial charge in [0.25, 0.3) is 20.2 Å². The Labute approximate surface area is 131 Å². The largest absolute Gasteiger partial charge is 0.507 e. The molecule has 0 saturated carbocycles. The molecule has 23 heavy (non-hydrogen) atoms. The number of phenolic OH excluding ortho intramolecular Hbond substituents is 1. The van der Waals surface area contributed by atoms with Crippen LogP contribution in [0.15, 0.2) is 34.1 Å². The van der Waals surface area contributed by atoms with Crippen molar-refractivity contribution in [3.63, 3.8) is 0 Å². The van der Waals surface area contributed by atoms with E-state index in [-0.39, 0.29) is 10.8 Å². The number of phenols is 1. The predicted molar refractivity (Wildman–Crippen MR) is 79.5 cm³/mol. The topological polar surface area (TPSA) is 158 Å². The Morgan fingerprint density at radius 3 is 2.09 bits per heavy atom. The van der Waals surface area contributed by atoms with Crippen molar-refractivity contribution < 1.29 is 35.8 Å². The summed E-state index contributed by atoms with van der Waals surface area (Å²) in [5.41, 5.74) is -0.500. The Balaban J connectivity index is 3.16. The molecule has 124 valence electrons. The van der Waals surface area contributed by atoms with Crippen molar-refractivity contribution in [1.29, 1.82) is 0 Å². The molecule has 0 aliphatic heterocycles. The van der Waals surface area contributed by atoms with E-state index in [9.17, 15) is 35.8 Å². The lowest BCUT2D eigenvalue weighted by atomic mass is 10.1. The second-order valence-corrected chi connectivity index (χ2v) is 7.36. The van der Waals surface area contributed by atoms with E-state index in [1.165, 1.54) is 12.1 Å². The van der Waals surface area contributed by atoms with Crippen LogP contribution in [0, 0.1) is 0 Å². The summed E-state index contributed by atoms with van der Waals surface area (Å²) in [4.78, 5) is 9.47. The number of amides is 1. The van der Waals surface area contributed by atoms with Crippen LogP contribution < -0.4 is 5.32 Å². The van der Waals surface area contributed by atoms with Gasteiger partial charge in [0.05, 0.1) is 5.69 Å². The van der Waals surface area contributed by atoms with Gasteiger partial charge in [-0.3, -0.25) is 13.9 Å². The summed E-state index contributed by atoms with van der Waals surface area (Å²) in [7, 11) is -9.85. The third-order valence-electron chi connectivity index (χ3n) is 2.92. The zero-order chi connectivity index (χ0) is 17.6. The molecule has 2 aromatic carbocycles. The standard InChI is InChI=1S/C12H11NO8S2/c1-6(14)13-12-10(23(19,20)21)5-9(22(16,17)18)7-3-2-4-8(15)11(7)12/h2-5,15H,1H3,(H,13,14)(H,16,17,18)(H,19,20,21). The lowest BCUT2D eigenvalue weighted by Gasteiger charge is -2.15. The predicted octanol–water partition coefficient (Wildman–Crippen LogP) is 0.997. The number of carbonyl (C=O) groups is 1. The van der Waals surface area contributed by atoms with Gasteiger partial charge in [0.15, 0.2) is 0 Å². The third-order valence-corrected chi connectivity index (χ3v) is 4.69. The fraction of sp³-hybridized carbons (Fsp3) is 0.0833. The van der Waals surface area contributed by atoms with Crippen LogP contribution in [0.1, 0.15) is 6.92 Å². The quantitative estimate of drug-likeness (QED) is 0.589. The van der Waals surface area contributed by atoms with Crippen molar-refractivity contribution in [2.45, 2.75) is 16.7 Å². The van der Waals surface area contributed by atoms with Crippen LogP contribution in [0.5, 0.6) is 5.75 Å². The van der Waals surface area contributed by atoms with Crippen LogP contribution in [0.3, 0.4) is 0 Å². The fourth-order valence-corrected chi connectivity index (χ4v) is 3.58. The number of rotatable bonds is 3. The lowest BCUT2D eigenvalue weighted by Crippen LogP contribution is -2.13. The second kappa shape index (κ2) is 5.45. The lowest BCUT2D eigenvalue weighted by molar-refractivity contribution is -0.114. The number of nitrogens with one attached hydrogen (secondary N) is 1. The molecule has 0 heterocycles. The van der Waals surface area contributed by atoms with Crippen LogP contribution in [0.25, 0.3) is 10.8 Å². The van der Waals surface area contributed by atoms with E-state index >= 15 is 0 Å². The van der Waals surface area contributed by atoms with Crippen LogP contribution in [-0.2, 0) is 25.0 Å². The van der Waals surface area contributed by atoms with Crippen molar-refractivity contribution in [2.24, 2.45) is 0 Å². The summed E-state index contributed by atoms with van der Waals surface area (Å²) in [5, 5.41) is 11.5. The van der Waals surface area contributed by atoms with Gasteiger partial charge in [-0.25, -0.2) is 0 Å². The molecule has 0 unspecified atom stereocenters. The number of aromatic hydroxyl groups is 1. The van der Waals surface area contributed by atoms with Crippen molar-refractivity contribution in [3.8, 4) is 5.75 Å². The third kappa shape index (κ3) is 3.27. The molecule has 0 aliphatic carbocycles. The van der Waals surface area contributed by atoms with Gasteiger partial charge >= 0.3 is 0 Å². The SMILES string of the molecule is CC(=O)Nc1c(S(=O)(=O)O)cc(S(=O)(=O)O)c2cccc(O)c12. The smallest absolute Gasteiger partial charge is 0.296 e. The minimum absolute atomic E-state index is 0.233. The zero-order valence-electron chi connectivity index (χ0n) is 11.5. The van der Waals surface area contributed by atoms with Crippen molar-refractivity contribution in [2.75, 3.05) is 5.32 Å². The first-order chi connectivity index (χ1) is 10.4. The van der Waals surface area contributed by atoms with E-state index in [4.69, 9.17) is 0 Å². The zero-order valence-corrected chi connectivity index (χ0v) is 13.1. The number of anilines is 1. The summed E-state index contributed by atoms with van der Waals surface area (Å²) in [6.07, 6.45) is 0. The van der Waals surface area contributed by atoms with Crippen LogP contribution >= 0.6 is 0 Å². The summed E-state index contributed by atoms with van der Waals surface area (Å²) in [6.45, 7) is 1.05. The summed E-state index contributed by atoms with van der Waals surface area (Å²) < 4.78 is 64.5.